The summed E-state index contributed by atoms with van der Waals surface area (Å²) in [6, 6.07) is 18.6. The molecule has 0 aliphatic heterocycles. The Morgan fingerprint density at radius 1 is 0.941 bits per heavy atom. The Morgan fingerprint density at radius 2 is 1.74 bits per heavy atom. The lowest BCUT2D eigenvalue weighted by Gasteiger charge is -2.10. The van der Waals surface area contributed by atoms with E-state index in [4.69, 9.17) is 9.47 Å². The molecular formula is C25H22N4O5. The van der Waals surface area contributed by atoms with Crippen molar-refractivity contribution >= 4 is 34.7 Å². The van der Waals surface area contributed by atoms with Gasteiger partial charge in [0.05, 0.1) is 24.0 Å². The molecule has 0 atom stereocenters. The molecule has 3 aromatic carbocycles. The molecule has 1 aromatic heterocycles. The summed E-state index contributed by atoms with van der Waals surface area (Å²) < 4.78 is 9.70. The summed E-state index contributed by atoms with van der Waals surface area (Å²) in [5.41, 5.74) is 3.91. The normalized spacial score (nSPS) is 10.5. The molecule has 3 N–H and O–H groups in total. The largest absolute Gasteiger partial charge is 0.513 e. The molecule has 172 valence electrons. The van der Waals surface area contributed by atoms with Crippen LogP contribution < -0.4 is 15.4 Å². The first-order valence-corrected chi connectivity index (χ1v) is 10.6. The fourth-order valence-electron chi connectivity index (χ4n) is 3.24. The van der Waals surface area contributed by atoms with Crippen LogP contribution in [0.4, 0.5) is 10.5 Å². The lowest BCUT2D eigenvalue weighted by atomic mass is 10.1. The van der Waals surface area contributed by atoms with E-state index in [1.165, 1.54) is 12.1 Å². The average Bonchev–Trinajstić information content (AvgIpc) is 3.31. The molecule has 0 radical (unpaired) electrons. The molecule has 4 rings (SSSR count). The van der Waals surface area contributed by atoms with Gasteiger partial charge in [0.25, 0.3) is 11.8 Å². The third kappa shape index (κ3) is 5.57. The van der Waals surface area contributed by atoms with E-state index in [2.05, 4.69) is 20.6 Å². The fourth-order valence-corrected chi connectivity index (χ4v) is 3.24. The summed E-state index contributed by atoms with van der Waals surface area (Å²) in [4.78, 5) is 43.6. The van der Waals surface area contributed by atoms with E-state index in [0.29, 0.717) is 23.4 Å². The quantitative estimate of drug-likeness (QED) is 0.281. The first-order chi connectivity index (χ1) is 16.5. The van der Waals surface area contributed by atoms with E-state index in [0.717, 1.165) is 16.6 Å². The number of hydrogen-bond acceptors (Lipinski definition) is 6. The standard InChI is InChI=1S/C25H22N4O5/c1-2-33-25(32)34-20-9-6-17(7-10-20)24(31)29-19-5-3-4-16(12-19)14-26-23(30)18-8-11-21-22(13-18)28-15-27-21/h3-13,15H,2,14H2,1H3,(H,26,30)(H,27,28)(H,29,31). The molecule has 0 aliphatic carbocycles. The highest BCUT2D eigenvalue weighted by atomic mass is 16.7. The summed E-state index contributed by atoms with van der Waals surface area (Å²) in [7, 11) is 0. The SMILES string of the molecule is CCOC(=O)Oc1ccc(C(=O)Nc2cccc(CNC(=O)c3ccc4nc[nH]c4c3)c2)cc1. The van der Waals surface area contributed by atoms with Crippen LogP contribution in [0.2, 0.25) is 0 Å². The van der Waals surface area contributed by atoms with Crippen molar-refractivity contribution in [3.63, 3.8) is 0 Å². The average molecular weight is 458 g/mol. The van der Waals surface area contributed by atoms with E-state index in [9.17, 15) is 14.4 Å². The monoisotopic (exact) mass is 458 g/mol. The maximum atomic E-state index is 12.6. The molecule has 9 heteroatoms. The smallest absolute Gasteiger partial charge is 0.434 e. The first-order valence-electron chi connectivity index (χ1n) is 10.6. The molecule has 9 nitrogen and oxygen atoms in total. The van der Waals surface area contributed by atoms with Crippen LogP contribution in [0.1, 0.15) is 33.2 Å². The molecule has 0 saturated heterocycles. The predicted molar refractivity (Wildman–Crippen MR) is 126 cm³/mol. The summed E-state index contributed by atoms with van der Waals surface area (Å²) in [6.07, 6.45) is 0.781. The van der Waals surface area contributed by atoms with E-state index in [-0.39, 0.29) is 24.2 Å². The molecule has 2 amide bonds. The van der Waals surface area contributed by atoms with Crippen molar-refractivity contribution in [1.82, 2.24) is 15.3 Å². The molecule has 1 heterocycles. The minimum atomic E-state index is -0.800. The minimum absolute atomic E-state index is 0.211. The first kappa shape index (κ1) is 22.5. The zero-order valence-electron chi connectivity index (χ0n) is 18.3. The summed E-state index contributed by atoms with van der Waals surface area (Å²) in [6.45, 7) is 2.19. The second kappa shape index (κ2) is 10.3. The van der Waals surface area contributed by atoms with Crippen molar-refractivity contribution in [1.29, 1.82) is 0 Å². The van der Waals surface area contributed by atoms with Gasteiger partial charge >= 0.3 is 6.16 Å². The Labute approximate surface area is 195 Å². The second-order valence-electron chi connectivity index (χ2n) is 7.28. The Kier molecular flexibility index (Phi) is 6.83. The van der Waals surface area contributed by atoms with Gasteiger partial charge in [0.2, 0.25) is 0 Å². The maximum absolute atomic E-state index is 12.6. The number of carbonyl (C=O) groups is 3. The predicted octanol–water partition coefficient (Wildman–Crippen LogP) is 4.28. The van der Waals surface area contributed by atoms with Gasteiger partial charge in [0, 0.05) is 23.4 Å². The molecular weight excluding hydrogens is 436 g/mol. The summed E-state index contributed by atoms with van der Waals surface area (Å²) in [5, 5.41) is 5.70. The highest BCUT2D eigenvalue weighted by Crippen LogP contribution is 2.17. The molecule has 0 fully saturated rings. The molecule has 0 unspecified atom stereocenters. The number of aromatic nitrogens is 2. The van der Waals surface area contributed by atoms with Gasteiger partial charge in [0.1, 0.15) is 5.75 Å². The van der Waals surface area contributed by atoms with Gasteiger partial charge in [0.15, 0.2) is 0 Å². The number of hydrogen-bond donors (Lipinski definition) is 3. The number of ether oxygens (including phenoxy) is 2. The number of benzene rings is 3. The number of amides is 2. The Bertz CT molecular complexity index is 1330. The molecule has 4 aromatic rings. The Morgan fingerprint density at radius 3 is 2.53 bits per heavy atom. The van der Waals surface area contributed by atoms with Crippen LogP contribution in [0.15, 0.2) is 73.1 Å². The second-order valence-corrected chi connectivity index (χ2v) is 7.28. The van der Waals surface area contributed by atoms with E-state index in [1.807, 2.05) is 6.07 Å². The van der Waals surface area contributed by atoms with Gasteiger partial charge in [-0.25, -0.2) is 9.78 Å². The lowest BCUT2D eigenvalue weighted by molar-refractivity contribution is 0.0949. The Balaban J connectivity index is 1.34. The molecule has 0 spiro atoms. The van der Waals surface area contributed by atoms with Crippen LogP contribution in [-0.2, 0) is 11.3 Å². The van der Waals surface area contributed by atoms with Gasteiger partial charge in [-0.15, -0.1) is 0 Å². The lowest BCUT2D eigenvalue weighted by Crippen LogP contribution is -2.22. The highest BCUT2D eigenvalue weighted by molar-refractivity contribution is 6.04. The van der Waals surface area contributed by atoms with Gasteiger partial charge < -0.3 is 25.1 Å². The van der Waals surface area contributed by atoms with E-state index in [1.54, 1.807) is 61.8 Å². The molecule has 0 aliphatic rings. The van der Waals surface area contributed by atoms with Crippen LogP contribution in [0.5, 0.6) is 5.75 Å². The molecule has 0 saturated carbocycles. The van der Waals surface area contributed by atoms with E-state index >= 15 is 0 Å². The Hall–Kier alpha value is -4.66. The zero-order valence-corrected chi connectivity index (χ0v) is 18.3. The van der Waals surface area contributed by atoms with Gasteiger partial charge in [-0.2, -0.15) is 0 Å². The number of carbonyl (C=O) groups excluding carboxylic acids is 3. The van der Waals surface area contributed by atoms with Crippen LogP contribution in [0, 0.1) is 0 Å². The molecule has 0 bridgehead atoms. The minimum Gasteiger partial charge on any atom is -0.434 e. The van der Waals surface area contributed by atoms with Crippen LogP contribution >= 0.6 is 0 Å². The number of imidazole rings is 1. The van der Waals surface area contributed by atoms with Crippen molar-refractivity contribution in [3.05, 3.63) is 89.7 Å². The number of nitrogens with one attached hydrogen (secondary N) is 3. The zero-order chi connectivity index (χ0) is 23.9. The van der Waals surface area contributed by atoms with Crippen LogP contribution in [0.3, 0.4) is 0 Å². The number of H-pyrrole nitrogens is 1. The van der Waals surface area contributed by atoms with E-state index < -0.39 is 6.16 Å². The highest BCUT2D eigenvalue weighted by Gasteiger charge is 2.10. The maximum Gasteiger partial charge on any atom is 0.513 e. The van der Waals surface area contributed by atoms with Gasteiger partial charge in [-0.3, -0.25) is 9.59 Å². The third-order valence-electron chi connectivity index (χ3n) is 4.90. The number of fused-ring (bicyclic) bond motifs is 1. The topological polar surface area (TPSA) is 122 Å². The van der Waals surface area contributed by atoms with Crippen LogP contribution in [0.25, 0.3) is 11.0 Å². The van der Waals surface area contributed by atoms with Crippen molar-refractivity contribution in [2.75, 3.05) is 11.9 Å². The summed E-state index contributed by atoms with van der Waals surface area (Å²) >= 11 is 0. The van der Waals surface area contributed by atoms with Gasteiger partial charge in [-0.05, 0) is 67.1 Å². The van der Waals surface area contributed by atoms with Crippen molar-refractivity contribution in [2.45, 2.75) is 13.5 Å². The third-order valence-corrected chi connectivity index (χ3v) is 4.90. The fraction of sp³-hybridized carbons (Fsp3) is 0.120. The number of rotatable bonds is 7. The number of aromatic amines is 1. The molecule has 34 heavy (non-hydrogen) atoms. The van der Waals surface area contributed by atoms with Gasteiger partial charge in [-0.1, -0.05) is 12.1 Å². The van der Waals surface area contributed by atoms with Crippen LogP contribution in [-0.4, -0.2) is 34.5 Å². The van der Waals surface area contributed by atoms with Crippen molar-refractivity contribution in [3.8, 4) is 5.75 Å². The number of nitrogens with zero attached hydrogens (tertiary/aromatic N) is 1. The van der Waals surface area contributed by atoms with Crippen molar-refractivity contribution < 1.29 is 23.9 Å². The number of anilines is 1. The van der Waals surface area contributed by atoms with Crippen molar-refractivity contribution in [2.24, 2.45) is 0 Å². The summed E-state index contributed by atoms with van der Waals surface area (Å²) in [5.74, 6) is -0.257.